The number of ether oxygens (including phenoxy) is 1. The van der Waals surface area contributed by atoms with Crippen LogP contribution in [0.15, 0.2) is 24.3 Å². The number of benzene rings is 1. The molecule has 0 fully saturated rings. The lowest BCUT2D eigenvalue weighted by Gasteiger charge is -2.08. The molecule has 0 saturated carbocycles. The minimum atomic E-state index is 0.440. The lowest BCUT2D eigenvalue weighted by molar-refractivity contribution is 0.116. The Morgan fingerprint density at radius 1 is 1.24 bits per heavy atom. The zero-order valence-corrected chi connectivity index (χ0v) is 11.3. The second-order valence-electron chi connectivity index (χ2n) is 4.13. The fourth-order valence-corrected chi connectivity index (χ4v) is 1.90. The lowest BCUT2D eigenvalue weighted by atomic mass is 10.1. The van der Waals surface area contributed by atoms with Gasteiger partial charge in [0.25, 0.3) is 0 Å². The second kappa shape index (κ2) is 8.20. The van der Waals surface area contributed by atoms with Crippen molar-refractivity contribution in [1.29, 1.82) is 0 Å². The van der Waals surface area contributed by atoms with Gasteiger partial charge in [-0.25, -0.2) is 0 Å². The summed E-state index contributed by atoms with van der Waals surface area (Å²) < 4.78 is 5.64. The summed E-state index contributed by atoms with van der Waals surface area (Å²) >= 11 is 5.01. The van der Waals surface area contributed by atoms with E-state index < -0.39 is 0 Å². The summed E-state index contributed by atoms with van der Waals surface area (Å²) in [6, 6.07) is 7.88. The summed E-state index contributed by atoms with van der Waals surface area (Å²) in [4.78, 5) is 0.440. The van der Waals surface area contributed by atoms with Crippen molar-refractivity contribution < 1.29 is 4.74 Å². The van der Waals surface area contributed by atoms with Crippen LogP contribution in [0.25, 0.3) is 0 Å². The molecule has 0 aliphatic rings. The van der Waals surface area contributed by atoms with E-state index in [9.17, 15) is 0 Å². The van der Waals surface area contributed by atoms with Gasteiger partial charge in [-0.1, -0.05) is 62.7 Å². The van der Waals surface area contributed by atoms with Gasteiger partial charge in [-0.05, 0) is 12.0 Å². The van der Waals surface area contributed by atoms with Crippen LogP contribution >= 0.6 is 12.2 Å². The highest BCUT2D eigenvalue weighted by Gasteiger charge is 2.03. The maximum atomic E-state index is 5.66. The smallest absolute Gasteiger partial charge is 0.104 e. The lowest BCUT2D eigenvalue weighted by Crippen LogP contribution is -2.12. The van der Waals surface area contributed by atoms with Gasteiger partial charge in [0.1, 0.15) is 4.99 Å². The Kier molecular flexibility index (Phi) is 6.82. The topological polar surface area (TPSA) is 35.2 Å². The molecule has 0 aromatic heterocycles. The van der Waals surface area contributed by atoms with Crippen molar-refractivity contribution in [3.05, 3.63) is 35.4 Å². The second-order valence-corrected chi connectivity index (χ2v) is 4.57. The molecule has 0 aliphatic heterocycles. The molecule has 1 aromatic carbocycles. The first-order valence-electron chi connectivity index (χ1n) is 6.21. The van der Waals surface area contributed by atoms with Crippen LogP contribution < -0.4 is 5.73 Å². The maximum absolute atomic E-state index is 5.66. The summed E-state index contributed by atoms with van der Waals surface area (Å²) in [5.41, 5.74) is 7.67. The Morgan fingerprint density at radius 2 is 2.00 bits per heavy atom. The van der Waals surface area contributed by atoms with Crippen molar-refractivity contribution in [1.82, 2.24) is 0 Å². The van der Waals surface area contributed by atoms with Crippen LogP contribution in [-0.2, 0) is 11.3 Å². The van der Waals surface area contributed by atoms with E-state index in [0.29, 0.717) is 11.6 Å². The third kappa shape index (κ3) is 5.29. The standard InChI is InChI=1S/C14H21NOS/c1-2-3-4-7-10-16-11-12-8-5-6-9-13(12)14(15)17/h5-6,8-9H,2-4,7,10-11H2,1H3,(H2,15,17). The fourth-order valence-electron chi connectivity index (χ4n) is 1.70. The highest BCUT2D eigenvalue weighted by molar-refractivity contribution is 7.80. The average Bonchev–Trinajstić information content (AvgIpc) is 2.34. The average molecular weight is 251 g/mol. The van der Waals surface area contributed by atoms with Gasteiger partial charge in [-0.15, -0.1) is 0 Å². The van der Waals surface area contributed by atoms with E-state index in [4.69, 9.17) is 22.7 Å². The van der Waals surface area contributed by atoms with Crippen LogP contribution in [0.3, 0.4) is 0 Å². The number of rotatable bonds is 8. The minimum absolute atomic E-state index is 0.440. The van der Waals surface area contributed by atoms with Crippen LogP contribution in [0.2, 0.25) is 0 Å². The molecule has 0 aliphatic carbocycles. The molecule has 3 heteroatoms. The number of unbranched alkanes of at least 4 members (excludes halogenated alkanes) is 3. The zero-order valence-electron chi connectivity index (χ0n) is 10.4. The number of hydrogen-bond donors (Lipinski definition) is 1. The van der Waals surface area contributed by atoms with E-state index in [1.54, 1.807) is 0 Å². The van der Waals surface area contributed by atoms with E-state index in [-0.39, 0.29) is 0 Å². The minimum Gasteiger partial charge on any atom is -0.389 e. The molecule has 2 nitrogen and oxygen atoms in total. The third-order valence-corrected chi connectivity index (χ3v) is 2.90. The molecule has 17 heavy (non-hydrogen) atoms. The third-order valence-electron chi connectivity index (χ3n) is 2.68. The Hall–Kier alpha value is -0.930. The SMILES string of the molecule is CCCCCCOCc1ccccc1C(N)=S. The molecule has 1 aromatic rings. The molecule has 0 bridgehead atoms. The van der Waals surface area contributed by atoms with Crippen LogP contribution in [-0.4, -0.2) is 11.6 Å². The quantitative estimate of drug-likeness (QED) is 0.568. The highest BCUT2D eigenvalue weighted by Crippen LogP contribution is 2.10. The van der Waals surface area contributed by atoms with E-state index in [1.165, 1.54) is 19.3 Å². The van der Waals surface area contributed by atoms with Gasteiger partial charge in [-0.3, -0.25) is 0 Å². The Labute approximate surface area is 109 Å². The first kappa shape index (κ1) is 14.1. The first-order chi connectivity index (χ1) is 8.25. The summed E-state index contributed by atoms with van der Waals surface area (Å²) in [5, 5.41) is 0. The van der Waals surface area contributed by atoms with E-state index >= 15 is 0 Å². The Morgan fingerprint density at radius 3 is 2.71 bits per heavy atom. The van der Waals surface area contributed by atoms with Gasteiger partial charge in [-0.2, -0.15) is 0 Å². The monoisotopic (exact) mass is 251 g/mol. The summed E-state index contributed by atoms with van der Waals surface area (Å²) in [5.74, 6) is 0. The maximum Gasteiger partial charge on any atom is 0.104 e. The summed E-state index contributed by atoms with van der Waals surface area (Å²) in [6.45, 7) is 3.62. The van der Waals surface area contributed by atoms with Gasteiger partial charge in [0.05, 0.1) is 6.61 Å². The molecule has 0 heterocycles. The largest absolute Gasteiger partial charge is 0.389 e. The van der Waals surface area contributed by atoms with Crippen molar-refractivity contribution in [2.75, 3.05) is 6.61 Å². The Bertz CT molecular complexity index is 352. The molecule has 0 unspecified atom stereocenters. The first-order valence-corrected chi connectivity index (χ1v) is 6.62. The van der Waals surface area contributed by atoms with Crippen LogP contribution in [0, 0.1) is 0 Å². The summed E-state index contributed by atoms with van der Waals surface area (Å²) in [7, 11) is 0. The van der Waals surface area contributed by atoms with Crippen LogP contribution in [0.4, 0.5) is 0 Å². The molecule has 2 N–H and O–H groups in total. The molecule has 94 valence electrons. The molecule has 0 amide bonds. The van der Waals surface area contributed by atoms with Gasteiger partial charge in [0, 0.05) is 12.2 Å². The van der Waals surface area contributed by atoms with Crippen LogP contribution in [0.1, 0.15) is 43.7 Å². The predicted molar refractivity (Wildman–Crippen MR) is 76.1 cm³/mol. The molecule has 1 rings (SSSR count). The van der Waals surface area contributed by atoms with Crippen molar-refractivity contribution in [3.8, 4) is 0 Å². The molecule has 0 atom stereocenters. The van der Waals surface area contributed by atoms with Crippen molar-refractivity contribution in [3.63, 3.8) is 0 Å². The molecule has 0 saturated heterocycles. The molecule has 0 spiro atoms. The zero-order chi connectivity index (χ0) is 12.5. The Balaban J connectivity index is 2.34. The normalized spacial score (nSPS) is 10.4. The van der Waals surface area contributed by atoms with E-state index in [1.807, 2.05) is 24.3 Å². The van der Waals surface area contributed by atoms with E-state index in [2.05, 4.69) is 6.92 Å². The van der Waals surface area contributed by atoms with Gasteiger partial charge in [0.2, 0.25) is 0 Å². The van der Waals surface area contributed by atoms with Crippen LogP contribution in [0.5, 0.6) is 0 Å². The number of thiocarbonyl (C=S) groups is 1. The fraction of sp³-hybridized carbons (Fsp3) is 0.500. The number of nitrogens with two attached hydrogens (primary N) is 1. The van der Waals surface area contributed by atoms with Crippen molar-refractivity contribution in [2.24, 2.45) is 5.73 Å². The van der Waals surface area contributed by atoms with Crippen molar-refractivity contribution >= 4 is 17.2 Å². The van der Waals surface area contributed by atoms with E-state index in [0.717, 1.165) is 24.2 Å². The highest BCUT2D eigenvalue weighted by atomic mass is 32.1. The van der Waals surface area contributed by atoms with Gasteiger partial charge in [0.15, 0.2) is 0 Å². The molecular weight excluding hydrogens is 230 g/mol. The summed E-state index contributed by atoms with van der Waals surface area (Å²) in [6.07, 6.45) is 4.91. The number of hydrogen-bond acceptors (Lipinski definition) is 2. The van der Waals surface area contributed by atoms with Gasteiger partial charge >= 0.3 is 0 Å². The predicted octanol–water partition coefficient (Wildman–Crippen LogP) is 3.42. The molecular formula is C14H21NOS. The molecule has 0 radical (unpaired) electrons. The van der Waals surface area contributed by atoms with Crippen molar-refractivity contribution in [2.45, 2.75) is 39.2 Å². The van der Waals surface area contributed by atoms with Gasteiger partial charge < -0.3 is 10.5 Å².